The topological polar surface area (TPSA) is 49.4 Å². The first-order valence-corrected chi connectivity index (χ1v) is 7.83. The Bertz CT molecular complexity index is 626. The number of carbonyl (C=O) groups is 2. The first-order chi connectivity index (χ1) is 9.97. The fourth-order valence-corrected chi connectivity index (χ4v) is 4.66. The van der Waals surface area contributed by atoms with Crippen LogP contribution < -0.4 is 5.32 Å². The summed E-state index contributed by atoms with van der Waals surface area (Å²) in [5, 5.41) is 2.76. The van der Waals surface area contributed by atoms with Crippen molar-refractivity contribution in [3.63, 3.8) is 0 Å². The van der Waals surface area contributed by atoms with Gasteiger partial charge in [0.25, 0.3) is 5.91 Å². The lowest BCUT2D eigenvalue weighted by Crippen LogP contribution is -2.52. The molecule has 5 heteroatoms. The Morgan fingerprint density at radius 3 is 2.90 bits per heavy atom. The summed E-state index contributed by atoms with van der Waals surface area (Å²) in [4.78, 5) is 26.9. The zero-order valence-electron chi connectivity index (χ0n) is 12.1. The predicted molar refractivity (Wildman–Crippen MR) is 84.0 cm³/mol. The van der Waals surface area contributed by atoms with Gasteiger partial charge in [-0.05, 0) is 25.5 Å². The molecule has 2 amide bonds. The van der Waals surface area contributed by atoms with Crippen molar-refractivity contribution in [3.8, 4) is 0 Å². The summed E-state index contributed by atoms with van der Waals surface area (Å²) >= 11 is 1.67. The minimum atomic E-state index is -0.465. The van der Waals surface area contributed by atoms with E-state index in [2.05, 4.69) is 11.9 Å². The van der Waals surface area contributed by atoms with Crippen LogP contribution >= 0.6 is 11.8 Å². The van der Waals surface area contributed by atoms with Gasteiger partial charge in [-0.15, -0.1) is 18.3 Å². The van der Waals surface area contributed by atoms with Crippen LogP contribution in [0.4, 0.5) is 0 Å². The number of amides is 2. The number of hydrogen-bond donors (Lipinski definition) is 1. The van der Waals surface area contributed by atoms with E-state index in [9.17, 15) is 9.59 Å². The van der Waals surface area contributed by atoms with E-state index in [-0.39, 0.29) is 21.9 Å². The predicted octanol–water partition coefficient (Wildman–Crippen LogP) is 2.34. The molecule has 4 nitrogen and oxygen atoms in total. The maximum Gasteiger partial charge on any atom is 0.256 e. The highest BCUT2D eigenvalue weighted by Crippen LogP contribution is 2.56. The van der Waals surface area contributed by atoms with Crippen LogP contribution in [0.1, 0.15) is 35.1 Å². The quantitative estimate of drug-likeness (QED) is 0.872. The molecule has 110 valence electrons. The third kappa shape index (κ3) is 2.07. The van der Waals surface area contributed by atoms with Crippen molar-refractivity contribution in [2.45, 2.75) is 30.0 Å². The minimum Gasteiger partial charge on any atom is -0.351 e. The number of nitrogens with one attached hydrogen (secondary N) is 1. The van der Waals surface area contributed by atoms with Gasteiger partial charge in [-0.2, -0.15) is 0 Å². The average Bonchev–Trinajstić information content (AvgIpc) is 2.88. The van der Waals surface area contributed by atoms with Crippen molar-refractivity contribution in [3.05, 3.63) is 48.0 Å². The van der Waals surface area contributed by atoms with Gasteiger partial charge in [0.2, 0.25) is 5.91 Å². The van der Waals surface area contributed by atoms with Crippen molar-refractivity contribution in [2.75, 3.05) is 6.54 Å². The normalized spacial score (nSPS) is 25.4. The molecule has 0 aromatic heterocycles. The molecule has 0 spiro atoms. The fourth-order valence-electron chi connectivity index (χ4n) is 3.07. The van der Waals surface area contributed by atoms with Gasteiger partial charge in [0, 0.05) is 16.9 Å². The maximum atomic E-state index is 12.7. The van der Waals surface area contributed by atoms with E-state index < -0.39 is 6.04 Å². The van der Waals surface area contributed by atoms with E-state index in [0.29, 0.717) is 12.1 Å². The standard InChI is InChI=1S/C16H18N2O2S/c1-4-9-17-13(19)12-16(2,3)21-15-11-8-6-5-7-10(11)14(20)18(12)15/h4-8,12,15H,1,9H2,2-3H3,(H,17,19)/t12-,15-/m0/s1. The molecule has 2 heterocycles. The molecule has 0 aliphatic carbocycles. The molecule has 3 rings (SSSR count). The highest BCUT2D eigenvalue weighted by Gasteiger charge is 2.57. The van der Waals surface area contributed by atoms with Crippen molar-refractivity contribution >= 4 is 23.6 Å². The Morgan fingerprint density at radius 1 is 1.48 bits per heavy atom. The fraction of sp³-hybridized carbons (Fsp3) is 0.375. The van der Waals surface area contributed by atoms with Gasteiger partial charge in [-0.25, -0.2) is 0 Å². The molecule has 2 aliphatic rings. The van der Waals surface area contributed by atoms with Crippen LogP contribution in [0.2, 0.25) is 0 Å². The first kappa shape index (κ1) is 14.2. The Labute approximate surface area is 128 Å². The summed E-state index contributed by atoms with van der Waals surface area (Å²) < 4.78 is -0.320. The summed E-state index contributed by atoms with van der Waals surface area (Å²) in [5.74, 6) is -0.163. The molecule has 0 bridgehead atoms. The van der Waals surface area contributed by atoms with Crippen molar-refractivity contribution in [1.82, 2.24) is 10.2 Å². The highest BCUT2D eigenvalue weighted by molar-refractivity contribution is 8.01. The third-order valence-electron chi connectivity index (χ3n) is 3.97. The summed E-state index contributed by atoms with van der Waals surface area (Å²) in [7, 11) is 0. The zero-order chi connectivity index (χ0) is 15.2. The van der Waals surface area contributed by atoms with E-state index in [1.807, 2.05) is 38.1 Å². The van der Waals surface area contributed by atoms with Crippen LogP contribution in [-0.2, 0) is 4.79 Å². The van der Waals surface area contributed by atoms with Gasteiger partial charge in [0.1, 0.15) is 11.4 Å². The van der Waals surface area contributed by atoms with Crippen LogP contribution in [0.5, 0.6) is 0 Å². The second-order valence-corrected chi connectivity index (χ2v) is 7.54. The van der Waals surface area contributed by atoms with Crippen LogP contribution in [0, 0.1) is 0 Å². The van der Waals surface area contributed by atoms with Crippen LogP contribution in [-0.4, -0.2) is 34.0 Å². The molecule has 1 aromatic rings. The number of nitrogens with zero attached hydrogens (tertiary/aromatic N) is 1. The first-order valence-electron chi connectivity index (χ1n) is 6.95. The number of fused-ring (bicyclic) bond motifs is 3. The van der Waals surface area contributed by atoms with Crippen LogP contribution in [0.15, 0.2) is 36.9 Å². The molecule has 21 heavy (non-hydrogen) atoms. The highest BCUT2D eigenvalue weighted by atomic mass is 32.2. The van der Waals surface area contributed by atoms with Crippen molar-refractivity contribution in [1.29, 1.82) is 0 Å². The number of carbonyl (C=O) groups excluding carboxylic acids is 2. The number of thioether (sulfide) groups is 1. The molecule has 0 unspecified atom stereocenters. The number of benzene rings is 1. The Balaban J connectivity index is 1.98. The maximum absolute atomic E-state index is 12.7. The van der Waals surface area contributed by atoms with Gasteiger partial charge in [0.15, 0.2) is 0 Å². The zero-order valence-corrected chi connectivity index (χ0v) is 12.9. The molecule has 0 radical (unpaired) electrons. The summed E-state index contributed by atoms with van der Waals surface area (Å²) in [6.45, 7) is 8.06. The summed E-state index contributed by atoms with van der Waals surface area (Å²) in [6, 6.07) is 7.15. The van der Waals surface area contributed by atoms with E-state index in [4.69, 9.17) is 0 Å². The minimum absolute atomic E-state index is 0.0487. The largest absolute Gasteiger partial charge is 0.351 e. The van der Waals surface area contributed by atoms with Crippen molar-refractivity contribution < 1.29 is 9.59 Å². The monoisotopic (exact) mass is 302 g/mol. The van der Waals surface area contributed by atoms with Gasteiger partial charge in [-0.3, -0.25) is 9.59 Å². The lowest BCUT2D eigenvalue weighted by Gasteiger charge is -2.29. The van der Waals surface area contributed by atoms with Crippen LogP contribution in [0.25, 0.3) is 0 Å². The summed E-state index contributed by atoms with van der Waals surface area (Å²) in [6.07, 6.45) is 1.64. The third-order valence-corrected chi connectivity index (χ3v) is 5.50. The smallest absolute Gasteiger partial charge is 0.256 e. The molecule has 0 saturated carbocycles. The Kier molecular flexibility index (Phi) is 3.32. The van der Waals surface area contributed by atoms with E-state index in [1.165, 1.54) is 0 Å². The lowest BCUT2D eigenvalue weighted by molar-refractivity contribution is -0.125. The van der Waals surface area contributed by atoms with Crippen molar-refractivity contribution in [2.24, 2.45) is 0 Å². The van der Waals surface area contributed by atoms with Gasteiger partial charge in [0.05, 0.1) is 0 Å². The Hall–Kier alpha value is -1.75. The van der Waals surface area contributed by atoms with Gasteiger partial charge < -0.3 is 10.2 Å². The van der Waals surface area contributed by atoms with Crippen LogP contribution in [0.3, 0.4) is 0 Å². The average molecular weight is 302 g/mol. The molecule has 1 N–H and O–H groups in total. The summed E-state index contributed by atoms with van der Waals surface area (Å²) in [5.41, 5.74) is 1.73. The Morgan fingerprint density at radius 2 is 2.19 bits per heavy atom. The lowest BCUT2D eigenvalue weighted by atomic mass is 10.0. The van der Waals surface area contributed by atoms with Gasteiger partial charge in [-0.1, -0.05) is 24.3 Å². The molecule has 1 saturated heterocycles. The molecule has 2 atom stereocenters. The molecular weight excluding hydrogens is 284 g/mol. The van der Waals surface area contributed by atoms with E-state index in [0.717, 1.165) is 5.56 Å². The second kappa shape index (κ2) is 4.91. The second-order valence-electron chi connectivity index (χ2n) is 5.81. The van der Waals surface area contributed by atoms with Gasteiger partial charge >= 0.3 is 0 Å². The molecule has 1 aromatic carbocycles. The SMILES string of the molecule is C=CCNC(=O)[C@@H]1N2C(=O)c3ccccc3[C@@H]2SC1(C)C. The number of rotatable bonds is 3. The van der Waals surface area contributed by atoms with E-state index >= 15 is 0 Å². The number of hydrogen-bond acceptors (Lipinski definition) is 3. The molecule has 1 fully saturated rings. The molecular formula is C16H18N2O2S. The molecule has 2 aliphatic heterocycles. The van der Waals surface area contributed by atoms with E-state index in [1.54, 1.807) is 22.7 Å².